The number of aliphatic imine (C=N–C) groups is 1. The quantitative estimate of drug-likeness (QED) is 0.577. The minimum atomic E-state index is 0.487. The zero-order valence-electron chi connectivity index (χ0n) is 13.3. The second-order valence-corrected chi connectivity index (χ2v) is 5.58. The summed E-state index contributed by atoms with van der Waals surface area (Å²) in [5, 5.41) is 0. The van der Waals surface area contributed by atoms with Crippen molar-refractivity contribution < 1.29 is 9.47 Å². The van der Waals surface area contributed by atoms with Crippen molar-refractivity contribution in [2.75, 3.05) is 7.11 Å². The van der Waals surface area contributed by atoms with E-state index in [1.54, 1.807) is 19.5 Å². The molecule has 0 fully saturated rings. The van der Waals surface area contributed by atoms with E-state index in [0.717, 1.165) is 22.6 Å². The number of hydrogen-bond acceptors (Lipinski definition) is 4. The van der Waals surface area contributed by atoms with Crippen LogP contribution in [0, 0.1) is 0 Å². The van der Waals surface area contributed by atoms with Gasteiger partial charge in [0.1, 0.15) is 6.61 Å². The van der Waals surface area contributed by atoms with E-state index in [2.05, 4.69) is 14.5 Å². The van der Waals surface area contributed by atoms with Crippen LogP contribution in [0.2, 0.25) is 0 Å². The summed E-state index contributed by atoms with van der Waals surface area (Å²) < 4.78 is 13.5. The van der Waals surface area contributed by atoms with E-state index in [-0.39, 0.29) is 0 Å². The Kier molecular flexibility index (Phi) is 3.75. The van der Waals surface area contributed by atoms with Crippen molar-refractivity contribution in [3.8, 4) is 11.5 Å². The molecule has 2 heterocycles. The molecule has 4 rings (SSSR count). The third-order valence-electron chi connectivity index (χ3n) is 4.01. The summed E-state index contributed by atoms with van der Waals surface area (Å²) >= 11 is 0. The summed E-state index contributed by atoms with van der Waals surface area (Å²) in [7, 11) is 1.65. The first-order valence-electron chi connectivity index (χ1n) is 7.76. The van der Waals surface area contributed by atoms with Crippen molar-refractivity contribution in [3.05, 3.63) is 71.8 Å². The smallest absolute Gasteiger partial charge is 0.163 e. The topological polar surface area (TPSA) is 48.6 Å². The molecule has 1 aliphatic heterocycles. The van der Waals surface area contributed by atoms with Crippen LogP contribution in [0.5, 0.6) is 11.5 Å². The van der Waals surface area contributed by atoms with Gasteiger partial charge in [-0.2, -0.15) is 0 Å². The minimum absolute atomic E-state index is 0.487. The number of rotatable bonds is 4. The van der Waals surface area contributed by atoms with Crippen molar-refractivity contribution >= 4 is 11.9 Å². The molecule has 0 bridgehead atoms. The Balaban J connectivity index is 1.64. The Labute approximate surface area is 140 Å². The largest absolute Gasteiger partial charge is 0.493 e. The van der Waals surface area contributed by atoms with Gasteiger partial charge in [0.25, 0.3) is 0 Å². The Morgan fingerprint density at radius 2 is 2.00 bits per heavy atom. The summed E-state index contributed by atoms with van der Waals surface area (Å²) in [6, 6.07) is 14.0. The molecule has 3 aromatic rings. The second-order valence-electron chi connectivity index (χ2n) is 5.58. The first kappa shape index (κ1) is 14.5. The van der Waals surface area contributed by atoms with Crippen molar-refractivity contribution in [1.29, 1.82) is 0 Å². The molecular formula is C19H17N3O2. The normalized spacial score (nSPS) is 12.2. The maximum absolute atomic E-state index is 5.96. The molecule has 0 unspecified atom stereocenters. The van der Waals surface area contributed by atoms with Crippen LogP contribution < -0.4 is 9.47 Å². The van der Waals surface area contributed by atoms with Crippen LogP contribution in [-0.4, -0.2) is 22.9 Å². The Hall–Kier alpha value is -3.08. The molecular weight excluding hydrogens is 302 g/mol. The third kappa shape index (κ3) is 2.76. The van der Waals surface area contributed by atoms with Crippen LogP contribution in [0.1, 0.15) is 17.0 Å². The summed E-state index contributed by atoms with van der Waals surface area (Å²) in [6.07, 6.45) is 5.50. The molecule has 5 nitrogen and oxygen atoms in total. The zero-order chi connectivity index (χ0) is 16.4. The lowest BCUT2D eigenvalue weighted by Gasteiger charge is -2.14. The fourth-order valence-corrected chi connectivity index (χ4v) is 2.74. The lowest BCUT2D eigenvalue weighted by molar-refractivity contribution is 0.284. The Bertz CT molecular complexity index is 885. The van der Waals surface area contributed by atoms with E-state index >= 15 is 0 Å². The van der Waals surface area contributed by atoms with Crippen LogP contribution in [0.15, 0.2) is 59.9 Å². The lowest BCUT2D eigenvalue weighted by Crippen LogP contribution is -2.02. The molecule has 2 aromatic carbocycles. The second kappa shape index (κ2) is 6.20. The number of methoxy groups -OCH3 is 1. The predicted molar refractivity (Wildman–Crippen MR) is 92.4 cm³/mol. The van der Waals surface area contributed by atoms with Gasteiger partial charge in [-0.15, -0.1) is 0 Å². The molecule has 0 amide bonds. The van der Waals surface area contributed by atoms with E-state index in [9.17, 15) is 0 Å². The molecule has 0 saturated heterocycles. The van der Waals surface area contributed by atoms with Gasteiger partial charge in [-0.3, -0.25) is 4.99 Å². The van der Waals surface area contributed by atoms with Crippen LogP contribution in [0.25, 0.3) is 0 Å². The molecule has 1 aliphatic rings. The number of imidazole rings is 1. The molecule has 0 aliphatic carbocycles. The highest BCUT2D eigenvalue weighted by atomic mass is 16.5. The van der Waals surface area contributed by atoms with Crippen molar-refractivity contribution in [2.45, 2.75) is 13.2 Å². The molecule has 1 aromatic heterocycles. The SMILES string of the molecule is COc1cc2c(cc1OCc1ccccc1)N=Cc1nccn1C2. The fraction of sp³-hybridized carbons (Fsp3) is 0.158. The van der Waals surface area contributed by atoms with Crippen molar-refractivity contribution in [1.82, 2.24) is 9.55 Å². The molecule has 0 atom stereocenters. The van der Waals surface area contributed by atoms with Gasteiger partial charge in [0.15, 0.2) is 17.3 Å². The predicted octanol–water partition coefficient (Wildman–Crippen LogP) is 3.58. The van der Waals surface area contributed by atoms with E-state index < -0.39 is 0 Å². The van der Waals surface area contributed by atoms with Gasteiger partial charge in [0.2, 0.25) is 0 Å². The van der Waals surface area contributed by atoms with Gasteiger partial charge >= 0.3 is 0 Å². The third-order valence-corrected chi connectivity index (χ3v) is 4.01. The summed E-state index contributed by atoms with van der Waals surface area (Å²) in [4.78, 5) is 8.84. The molecule has 0 radical (unpaired) electrons. The number of fused-ring (bicyclic) bond motifs is 2. The summed E-state index contributed by atoms with van der Waals surface area (Å²) in [5.74, 6) is 2.25. The van der Waals surface area contributed by atoms with E-state index in [1.807, 2.05) is 48.7 Å². The lowest BCUT2D eigenvalue weighted by atomic mass is 10.1. The van der Waals surface area contributed by atoms with E-state index in [4.69, 9.17) is 9.47 Å². The average molecular weight is 319 g/mol. The van der Waals surface area contributed by atoms with E-state index in [1.165, 1.54) is 0 Å². The molecule has 120 valence electrons. The van der Waals surface area contributed by atoms with Crippen LogP contribution in [-0.2, 0) is 13.2 Å². The maximum atomic E-state index is 5.96. The van der Waals surface area contributed by atoms with E-state index in [0.29, 0.717) is 24.7 Å². The van der Waals surface area contributed by atoms with Gasteiger partial charge in [-0.25, -0.2) is 4.98 Å². The average Bonchev–Trinajstić information content (AvgIpc) is 3.00. The van der Waals surface area contributed by atoms with Gasteiger partial charge in [-0.05, 0) is 11.6 Å². The maximum Gasteiger partial charge on any atom is 0.163 e. The number of benzene rings is 2. The highest BCUT2D eigenvalue weighted by molar-refractivity contribution is 5.80. The Morgan fingerprint density at radius 1 is 1.12 bits per heavy atom. The Morgan fingerprint density at radius 3 is 2.83 bits per heavy atom. The molecule has 5 heteroatoms. The van der Waals surface area contributed by atoms with Crippen molar-refractivity contribution in [3.63, 3.8) is 0 Å². The molecule has 24 heavy (non-hydrogen) atoms. The minimum Gasteiger partial charge on any atom is -0.493 e. The van der Waals surface area contributed by atoms with Crippen LogP contribution in [0.3, 0.4) is 0 Å². The first-order valence-corrected chi connectivity index (χ1v) is 7.76. The van der Waals surface area contributed by atoms with Gasteiger partial charge in [-0.1, -0.05) is 30.3 Å². The van der Waals surface area contributed by atoms with Crippen LogP contribution in [0.4, 0.5) is 5.69 Å². The summed E-state index contributed by atoms with van der Waals surface area (Å²) in [6.45, 7) is 1.20. The number of nitrogens with zero attached hydrogens (tertiary/aromatic N) is 3. The van der Waals surface area contributed by atoms with Gasteiger partial charge in [0.05, 0.1) is 25.6 Å². The zero-order valence-corrected chi connectivity index (χ0v) is 13.3. The number of aromatic nitrogens is 2. The standard InChI is InChI=1S/C19H17N3O2/c1-23-17-9-15-12-22-8-7-20-19(22)11-21-16(15)10-18(17)24-13-14-5-3-2-4-6-14/h2-11H,12-13H2,1H3. The van der Waals surface area contributed by atoms with Gasteiger partial charge in [0, 0.05) is 24.0 Å². The monoisotopic (exact) mass is 319 g/mol. The molecule has 0 saturated carbocycles. The summed E-state index contributed by atoms with van der Waals surface area (Å²) in [5.41, 5.74) is 3.06. The van der Waals surface area contributed by atoms with Crippen LogP contribution >= 0.6 is 0 Å². The highest BCUT2D eigenvalue weighted by Crippen LogP contribution is 2.36. The molecule has 0 spiro atoms. The fourth-order valence-electron chi connectivity index (χ4n) is 2.74. The highest BCUT2D eigenvalue weighted by Gasteiger charge is 2.15. The first-order chi connectivity index (χ1) is 11.8. The number of hydrogen-bond donors (Lipinski definition) is 0. The number of ether oxygens (including phenoxy) is 2. The van der Waals surface area contributed by atoms with Crippen molar-refractivity contribution in [2.24, 2.45) is 4.99 Å². The van der Waals surface area contributed by atoms with Gasteiger partial charge < -0.3 is 14.0 Å². The molecule has 0 N–H and O–H groups in total.